The molecule has 0 N–H and O–H groups in total. The van der Waals surface area contributed by atoms with Crippen molar-refractivity contribution in [1.29, 1.82) is 0 Å². The lowest BCUT2D eigenvalue weighted by Crippen LogP contribution is -2.49. The van der Waals surface area contributed by atoms with Gasteiger partial charge in [0.25, 0.3) is 5.91 Å². The van der Waals surface area contributed by atoms with Gasteiger partial charge < -0.3 is 14.4 Å². The van der Waals surface area contributed by atoms with E-state index >= 15 is 0 Å². The van der Waals surface area contributed by atoms with Gasteiger partial charge in [-0.1, -0.05) is 44.0 Å². The highest BCUT2D eigenvalue weighted by molar-refractivity contribution is 7.94. The van der Waals surface area contributed by atoms with Crippen molar-refractivity contribution < 1.29 is 23.3 Å². The van der Waals surface area contributed by atoms with E-state index in [4.69, 9.17) is 9.47 Å². The number of benzene rings is 2. The van der Waals surface area contributed by atoms with Crippen molar-refractivity contribution >= 4 is 27.1 Å². The Bertz CT molecular complexity index is 1480. The zero-order chi connectivity index (χ0) is 30.0. The quantitative estimate of drug-likeness (QED) is 0.403. The summed E-state index contributed by atoms with van der Waals surface area (Å²) < 4.78 is 30.9. The summed E-state index contributed by atoms with van der Waals surface area (Å²) >= 11 is 0. The molecule has 1 amide bonds. The Hall–Kier alpha value is -2.71. The van der Waals surface area contributed by atoms with Gasteiger partial charge in [-0.2, -0.15) is 4.36 Å². The smallest absolute Gasteiger partial charge is 0.285 e. The van der Waals surface area contributed by atoms with E-state index in [1.165, 1.54) is 24.0 Å². The average molecular weight is 607 g/mol. The van der Waals surface area contributed by atoms with Crippen molar-refractivity contribution in [2.45, 2.75) is 82.7 Å². The molecular formula is C35H46N2O5S. The second-order valence-electron chi connectivity index (χ2n) is 13.2. The normalized spacial score (nSPS) is 31.1. The topological polar surface area (TPSA) is 85.3 Å². The Morgan fingerprint density at radius 2 is 1.98 bits per heavy atom. The monoisotopic (exact) mass is 606 g/mol. The fourth-order valence-electron chi connectivity index (χ4n) is 7.87. The molecule has 0 unspecified atom stereocenters. The number of carbonyl (C=O) groups is 2. The molecule has 2 heterocycles. The molecule has 2 aliphatic carbocycles. The molecule has 0 aromatic heterocycles. The molecule has 6 rings (SSSR count). The van der Waals surface area contributed by atoms with Gasteiger partial charge >= 0.3 is 0 Å². The second-order valence-corrected chi connectivity index (χ2v) is 15.6. The first-order valence-corrected chi connectivity index (χ1v) is 18.1. The number of Topliss-reactive ketones (excluding diaryl/α,β-unsaturated/α-hetero) is 1. The zero-order valence-corrected chi connectivity index (χ0v) is 26.5. The van der Waals surface area contributed by atoms with Crippen molar-refractivity contribution in [1.82, 2.24) is 0 Å². The molecule has 2 aromatic carbocycles. The summed E-state index contributed by atoms with van der Waals surface area (Å²) in [6.07, 6.45) is 9.56. The molecule has 0 saturated heterocycles. The van der Waals surface area contributed by atoms with Gasteiger partial charge in [0.15, 0.2) is 0 Å². The maximum absolute atomic E-state index is 13.9. The summed E-state index contributed by atoms with van der Waals surface area (Å²) in [6, 6.07) is 14.3. The van der Waals surface area contributed by atoms with Crippen LogP contribution in [0.25, 0.3) is 0 Å². The predicted octanol–water partition coefficient (Wildman–Crippen LogP) is 6.36. The van der Waals surface area contributed by atoms with Gasteiger partial charge in [0.05, 0.1) is 33.9 Å². The van der Waals surface area contributed by atoms with E-state index in [0.717, 1.165) is 63.1 Å². The fourth-order valence-corrected chi connectivity index (χ4v) is 9.94. The molecule has 1 spiro atoms. The van der Waals surface area contributed by atoms with Crippen LogP contribution in [0.2, 0.25) is 0 Å². The van der Waals surface area contributed by atoms with Crippen LogP contribution < -0.4 is 9.64 Å². The Morgan fingerprint density at radius 3 is 2.77 bits per heavy atom. The summed E-state index contributed by atoms with van der Waals surface area (Å²) in [5.74, 6) is 1.24. The summed E-state index contributed by atoms with van der Waals surface area (Å²) in [6.45, 7) is 4.04. The standard InChI is InChI=1S/C35H46N2O5S/c1-3-28(38)22-43(40)19-8-4-5-13-32(41-2)29-16-14-27(29)21-37-23-35(18-9-11-25-10-6-7-12-30(25)35)24-42-33-17-15-26(20-31(33)37)34(39)36-43/h6-7,10,12,15,17,20,27,29,32H,3-5,8-9,11,13-14,16,18-19,21-24H2,1-2H3/t27-,29+,32-,35-,43-/m0/s1. The van der Waals surface area contributed by atoms with Crippen LogP contribution in [-0.2, 0) is 31.1 Å². The number of aryl methyl sites for hydroxylation is 1. The summed E-state index contributed by atoms with van der Waals surface area (Å²) in [7, 11) is -1.17. The van der Waals surface area contributed by atoms with Crippen LogP contribution in [0.5, 0.6) is 5.75 Å². The summed E-state index contributed by atoms with van der Waals surface area (Å²) in [5, 5.41) is 0. The maximum atomic E-state index is 13.9. The number of ketones is 1. The SMILES string of the molecule is CCC(=O)C[S@]1(=O)=NC(=O)c2ccc3c(c2)N(C[C@@H]2CC[C@H]2[C@@H](OC)CCCCC1)C[C@@]1(CCCc2ccccc21)CO3. The van der Waals surface area contributed by atoms with Gasteiger partial charge in [-0.3, -0.25) is 9.59 Å². The first kappa shape index (κ1) is 30.3. The number of hydrogen-bond donors (Lipinski definition) is 0. The van der Waals surface area contributed by atoms with Crippen molar-refractivity contribution in [2.24, 2.45) is 16.2 Å². The zero-order valence-electron chi connectivity index (χ0n) is 25.7. The van der Waals surface area contributed by atoms with E-state index < -0.39 is 15.6 Å². The first-order valence-electron chi connectivity index (χ1n) is 16.2. The third-order valence-corrected chi connectivity index (χ3v) is 12.6. The van der Waals surface area contributed by atoms with E-state index in [2.05, 4.69) is 33.5 Å². The highest BCUT2D eigenvalue weighted by Crippen LogP contribution is 2.47. The molecule has 2 bridgehead atoms. The van der Waals surface area contributed by atoms with Crippen molar-refractivity contribution in [3.63, 3.8) is 0 Å². The molecule has 4 aliphatic rings. The molecule has 7 nitrogen and oxygen atoms in total. The van der Waals surface area contributed by atoms with Gasteiger partial charge in [0, 0.05) is 43.4 Å². The molecule has 1 fully saturated rings. The van der Waals surface area contributed by atoms with E-state index in [0.29, 0.717) is 30.4 Å². The van der Waals surface area contributed by atoms with Crippen LogP contribution in [0.15, 0.2) is 46.8 Å². The second kappa shape index (κ2) is 12.7. The number of carbonyl (C=O) groups excluding carboxylic acids is 2. The number of anilines is 1. The lowest BCUT2D eigenvalue weighted by Gasteiger charge is -2.46. The van der Waals surface area contributed by atoms with Crippen LogP contribution >= 0.6 is 0 Å². The number of nitrogens with zero attached hydrogens (tertiary/aromatic N) is 2. The first-order chi connectivity index (χ1) is 20.8. The largest absolute Gasteiger partial charge is 0.490 e. The van der Waals surface area contributed by atoms with Crippen LogP contribution in [0.1, 0.15) is 86.2 Å². The lowest BCUT2D eigenvalue weighted by molar-refractivity contribution is -0.116. The van der Waals surface area contributed by atoms with E-state index in [9.17, 15) is 13.8 Å². The Balaban J connectivity index is 1.42. The van der Waals surface area contributed by atoms with E-state index in [1.54, 1.807) is 13.0 Å². The third-order valence-electron chi connectivity index (χ3n) is 10.4. The molecule has 2 aliphatic heterocycles. The highest BCUT2D eigenvalue weighted by atomic mass is 32.2. The molecule has 5 atom stereocenters. The van der Waals surface area contributed by atoms with Crippen LogP contribution in [-0.4, -0.2) is 60.3 Å². The van der Waals surface area contributed by atoms with Crippen molar-refractivity contribution in [3.05, 3.63) is 59.2 Å². The molecule has 1 saturated carbocycles. The van der Waals surface area contributed by atoms with Gasteiger partial charge in [-0.25, -0.2) is 4.21 Å². The Kier molecular flexibility index (Phi) is 8.97. The average Bonchev–Trinajstić information content (AvgIpc) is 3.15. The van der Waals surface area contributed by atoms with Crippen LogP contribution in [0.3, 0.4) is 0 Å². The molecule has 8 heteroatoms. The van der Waals surface area contributed by atoms with Crippen LogP contribution in [0.4, 0.5) is 5.69 Å². The minimum atomic E-state index is -3.00. The number of ether oxygens (including phenoxy) is 2. The number of methoxy groups -OCH3 is 1. The van der Waals surface area contributed by atoms with E-state index in [1.807, 2.05) is 19.2 Å². The van der Waals surface area contributed by atoms with Crippen LogP contribution in [0, 0.1) is 11.8 Å². The van der Waals surface area contributed by atoms with Gasteiger partial charge in [-0.05, 0) is 86.1 Å². The minimum absolute atomic E-state index is 0.119. The summed E-state index contributed by atoms with van der Waals surface area (Å²) in [5.41, 5.74) is 3.95. The minimum Gasteiger partial charge on any atom is -0.490 e. The van der Waals surface area contributed by atoms with Gasteiger partial charge in [0.2, 0.25) is 0 Å². The lowest BCUT2D eigenvalue weighted by atomic mass is 9.68. The third kappa shape index (κ3) is 6.28. The van der Waals surface area contributed by atoms with Gasteiger partial charge in [-0.15, -0.1) is 0 Å². The van der Waals surface area contributed by atoms with Gasteiger partial charge in [0.1, 0.15) is 11.5 Å². The predicted molar refractivity (Wildman–Crippen MR) is 171 cm³/mol. The molecule has 43 heavy (non-hydrogen) atoms. The van der Waals surface area contributed by atoms with Crippen molar-refractivity contribution in [2.75, 3.05) is 43.2 Å². The molecular weight excluding hydrogens is 560 g/mol. The number of amides is 1. The molecule has 232 valence electrons. The summed E-state index contributed by atoms with van der Waals surface area (Å²) in [4.78, 5) is 28.5. The fraction of sp³-hybridized carbons (Fsp3) is 0.600. The molecule has 2 aromatic rings. The van der Waals surface area contributed by atoms with E-state index in [-0.39, 0.29) is 35.2 Å². The number of rotatable bonds is 4. The van der Waals surface area contributed by atoms with Crippen molar-refractivity contribution in [3.8, 4) is 5.75 Å². The highest BCUT2D eigenvalue weighted by Gasteiger charge is 2.44. The molecule has 0 radical (unpaired) electrons. The Morgan fingerprint density at radius 1 is 1.12 bits per heavy atom. The number of fused-ring (bicyclic) bond motifs is 4. The number of hydrogen-bond acceptors (Lipinski definition) is 6. The Labute approximate surface area is 256 Å². The maximum Gasteiger partial charge on any atom is 0.285 e.